The van der Waals surface area contributed by atoms with Gasteiger partial charge in [-0.05, 0) is 70.7 Å². The van der Waals surface area contributed by atoms with Crippen LogP contribution in [0.2, 0.25) is 5.02 Å². The minimum absolute atomic E-state index is 0. The van der Waals surface area contributed by atoms with Crippen molar-refractivity contribution in [2.75, 3.05) is 31.1 Å². The minimum Gasteiger partial charge on any atom is -1.00 e. The summed E-state index contributed by atoms with van der Waals surface area (Å²) in [6, 6.07) is 11.0. The number of anilines is 1. The van der Waals surface area contributed by atoms with Gasteiger partial charge in [-0.1, -0.05) is 24.4 Å². The first-order chi connectivity index (χ1) is 20.6. The molecule has 0 aliphatic carbocycles. The topological polar surface area (TPSA) is 134 Å². The summed E-state index contributed by atoms with van der Waals surface area (Å²) in [7, 11) is 0. The van der Waals surface area contributed by atoms with Crippen LogP contribution in [-0.2, 0) is 14.3 Å². The van der Waals surface area contributed by atoms with Crippen LogP contribution in [-0.4, -0.2) is 55.3 Å². The molecule has 0 saturated carbocycles. The third kappa shape index (κ3) is 12.0. The van der Waals surface area contributed by atoms with E-state index in [-0.39, 0.29) is 41.9 Å². The first-order valence-electron chi connectivity index (χ1n) is 14.6. The number of nitrogens with zero attached hydrogens (tertiary/aromatic N) is 5. The molecule has 13 heteroatoms. The third-order valence-corrected chi connectivity index (χ3v) is 7.28. The molecule has 1 atom stereocenters. The number of pyridine rings is 1. The fraction of sp³-hybridized carbons (Fsp3) is 0.516. The fourth-order valence-corrected chi connectivity index (χ4v) is 5.01. The van der Waals surface area contributed by atoms with Crippen LogP contribution in [0, 0.1) is 17.4 Å². The molecule has 1 saturated heterocycles. The molecule has 1 aromatic carbocycles. The molecule has 240 valence electrons. The SMILES string of the molecule is CC(C)(C)OC(=O)N1CCC(C(OC=O)[n+]2ccc(N(CCCCCCOc3ccc(Cl)cc3)C(N)=NC#N)cc2)CC1.[I-]. The molecular formula is C31H42ClIN6O5. The Hall–Kier alpha value is -3.31. The highest BCUT2D eigenvalue weighted by atomic mass is 127. The molecule has 0 radical (unpaired) electrons. The maximum atomic E-state index is 12.4. The Labute approximate surface area is 281 Å². The number of ether oxygens (including phenoxy) is 3. The number of aliphatic imine (C=N–C) groups is 1. The Kier molecular flexibility index (Phi) is 15.5. The highest BCUT2D eigenvalue weighted by Gasteiger charge is 2.36. The number of carbonyl (C=O) groups is 2. The maximum Gasteiger partial charge on any atom is 0.410 e. The van der Waals surface area contributed by atoms with Crippen molar-refractivity contribution in [2.45, 2.75) is 71.1 Å². The highest BCUT2D eigenvalue weighted by molar-refractivity contribution is 6.30. The number of rotatable bonds is 13. The van der Waals surface area contributed by atoms with E-state index in [0.717, 1.165) is 37.1 Å². The average Bonchev–Trinajstić information content (AvgIpc) is 2.98. The van der Waals surface area contributed by atoms with Crippen molar-refractivity contribution in [2.24, 2.45) is 16.6 Å². The molecule has 1 amide bonds. The number of guanidine groups is 1. The van der Waals surface area contributed by atoms with Crippen molar-refractivity contribution in [3.05, 3.63) is 53.8 Å². The van der Waals surface area contributed by atoms with E-state index >= 15 is 0 Å². The first-order valence-corrected chi connectivity index (χ1v) is 14.9. The number of benzene rings is 1. The number of likely N-dealkylation sites (tertiary alicyclic amines) is 1. The number of unbranched alkanes of at least 4 members (excludes halogenated alkanes) is 3. The number of hydrogen-bond acceptors (Lipinski definition) is 7. The number of halogens is 2. The second-order valence-corrected chi connectivity index (χ2v) is 11.8. The van der Waals surface area contributed by atoms with Gasteiger partial charge in [-0.15, -0.1) is 4.99 Å². The molecule has 1 aliphatic rings. The van der Waals surface area contributed by atoms with Crippen LogP contribution in [0.15, 0.2) is 53.8 Å². The standard InChI is InChI=1S/C31H42ClN6O5.HI/c1-31(2,3)43-30(40)37-17-12-24(13-18-37)28(42-23-39)36-19-14-26(15-20-36)38(29(34)35-22-33)16-6-4-5-7-21-41-27-10-8-25(32)9-11-27;/h8-11,14-15,19-20,23-24,28H,4-7,12-13,16-18,21H2,1-3H3,(H2,34,35);1H/q+1;/p-1. The van der Waals surface area contributed by atoms with Crippen molar-refractivity contribution in [1.29, 1.82) is 5.26 Å². The average molecular weight is 741 g/mol. The molecule has 1 unspecified atom stereocenters. The van der Waals surface area contributed by atoms with Crippen LogP contribution in [0.1, 0.15) is 65.5 Å². The Morgan fingerprint density at radius 3 is 2.39 bits per heavy atom. The molecule has 1 fully saturated rings. The Balaban J connectivity index is 0.00000675. The second-order valence-electron chi connectivity index (χ2n) is 11.4. The summed E-state index contributed by atoms with van der Waals surface area (Å²) in [5, 5.41) is 9.76. The van der Waals surface area contributed by atoms with Crippen molar-refractivity contribution in [3.8, 4) is 11.9 Å². The predicted octanol–water partition coefficient (Wildman–Crippen LogP) is 2.19. The van der Waals surface area contributed by atoms with Gasteiger partial charge in [0.05, 0.1) is 18.2 Å². The number of nitrogens with two attached hydrogens (primary N) is 1. The minimum atomic E-state index is -0.558. The van der Waals surface area contributed by atoms with Gasteiger partial charge in [0.1, 0.15) is 11.4 Å². The van der Waals surface area contributed by atoms with E-state index in [1.807, 2.05) is 62.0 Å². The van der Waals surface area contributed by atoms with E-state index in [0.29, 0.717) is 50.6 Å². The van der Waals surface area contributed by atoms with Gasteiger partial charge in [-0.25, -0.2) is 4.79 Å². The molecule has 1 aliphatic heterocycles. The maximum absolute atomic E-state index is 12.4. The molecule has 0 spiro atoms. The van der Waals surface area contributed by atoms with Crippen molar-refractivity contribution >= 4 is 35.8 Å². The van der Waals surface area contributed by atoms with Crippen LogP contribution in [0.5, 0.6) is 5.75 Å². The van der Waals surface area contributed by atoms with Gasteiger partial charge >= 0.3 is 12.3 Å². The number of amides is 1. The van der Waals surface area contributed by atoms with Gasteiger partial charge in [-0.2, -0.15) is 9.83 Å². The number of piperidine rings is 1. The normalized spacial score (nSPS) is 14.5. The van der Waals surface area contributed by atoms with Gasteiger partial charge < -0.3 is 53.7 Å². The zero-order chi connectivity index (χ0) is 31.2. The van der Waals surface area contributed by atoms with Crippen LogP contribution < -0.4 is 43.9 Å². The van der Waals surface area contributed by atoms with Crippen LogP contribution >= 0.6 is 11.6 Å². The van der Waals surface area contributed by atoms with Crippen LogP contribution in [0.3, 0.4) is 0 Å². The van der Waals surface area contributed by atoms with Crippen LogP contribution in [0.25, 0.3) is 0 Å². The Morgan fingerprint density at radius 1 is 1.16 bits per heavy atom. The zero-order valence-corrected chi connectivity index (χ0v) is 28.4. The van der Waals surface area contributed by atoms with E-state index in [2.05, 4.69) is 4.99 Å². The van der Waals surface area contributed by atoms with E-state index in [1.165, 1.54) is 0 Å². The van der Waals surface area contributed by atoms with E-state index in [1.54, 1.807) is 28.1 Å². The summed E-state index contributed by atoms with van der Waals surface area (Å²) in [4.78, 5) is 31.1. The summed E-state index contributed by atoms with van der Waals surface area (Å²) in [5.41, 5.74) is 6.35. The van der Waals surface area contributed by atoms with E-state index in [9.17, 15) is 9.59 Å². The lowest BCUT2D eigenvalue weighted by Crippen LogP contribution is -3.00. The van der Waals surface area contributed by atoms with Crippen LogP contribution in [0.4, 0.5) is 10.5 Å². The fourth-order valence-electron chi connectivity index (χ4n) is 4.89. The summed E-state index contributed by atoms with van der Waals surface area (Å²) in [6.45, 7) is 8.20. The van der Waals surface area contributed by atoms with Gasteiger partial charge in [-0.3, -0.25) is 4.79 Å². The second kappa shape index (κ2) is 18.5. The third-order valence-electron chi connectivity index (χ3n) is 7.03. The summed E-state index contributed by atoms with van der Waals surface area (Å²) in [5.74, 6) is 0.927. The molecule has 2 N–H and O–H groups in total. The molecule has 2 aromatic rings. The molecule has 0 bridgehead atoms. The van der Waals surface area contributed by atoms with E-state index in [4.69, 9.17) is 36.8 Å². The molecule has 3 rings (SSSR count). The lowest BCUT2D eigenvalue weighted by molar-refractivity contribution is -0.764. The van der Waals surface area contributed by atoms with Gasteiger partial charge in [0.2, 0.25) is 12.2 Å². The van der Waals surface area contributed by atoms with Gasteiger partial charge in [0.25, 0.3) is 6.47 Å². The quantitative estimate of drug-likeness (QED) is 0.0629. The monoisotopic (exact) mass is 740 g/mol. The Bertz CT molecular complexity index is 1240. The number of aromatic nitrogens is 1. The van der Waals surface area contributed by atoms with E-state index < -0.39 is 11.8 Å². The number of nitriles is 1. The molecule has 2 heterocycles. The van der Waals surface area contributed by atoms with Gasteiger partial charge in [0, 0.05) is 36.8 Å². The smallest absolute Gasteiger partial charge is 0.410 e. The summed E-state index contributed by atoms with van der Waals surface area (Å²) < 4.78 is 18.6. The van der Waals surface area contributed by atoms with Crippen molar-refractivity contribution in [3.63, 3.8) is 0 Å². The molecule has 1 aromatic heterocycles. The molecular weight excluding hydrogens is 699 g/mol. The predicted molar refractivity (Wildman–Crippen MR) is 163 cm³/mol. The lowest BCUT2D eigenvalue weighted by Gasteiger charge is -2.34. The van der Waals surface area contributed by atoms with Crippen molar-refractivity contribution in [1.82, 2.24) is 4.90 Å². The van der Waals surface area contributed by atoms with Crippen molar-refractivity contribution < 1.29 is 52.3 Å². The number of hydrogen-bond donors (Lipinski definition) is 1. The zero-order valence-electron chi connectivity index (χ0n) is 25.5. The lowest BCUT2D eigenvalue weighted by atomic mass is 9.95. The first kappa shape index (κ1) is 36.9. The molecule has 44 heavy (non-hydrogen) atoms. The molecule has 11 nitrogen and oxygen atoms in total. The number of carbonyl (C=O) groups excluding carboxylic acids is 2. The largest absolute Gasteiger partial charge is 1.00 e. The highest BCUT2D eigenvalue weighted by Crippen LogP contribution is 2.27. The Morgan fingerprint density at radius 2 is 1.80 bits per heavy atom. The van der Waals surface area contributed by atoms with Gasteiger partial charge in [0.15, 0.2) is 12.4 Å². The summed E-state index contributed by atoms with van der Waals surface area (Å²) >= 11 is 5.91. The summed E-state index contributed by atoms with van der Waals surface area (Å²) in [6.07, 6.45) is 9.54.